The normalized spacial score (nSPS) is 17.1. The fourth-order valence-corrected chi connectivity index (χ4v) is 1.64. The molecule has 0 fully saturated rings. The van der Waals surface area contributed by atoms with E-state index in [-0.39, 0.29) is 5.54 Å². The molecule has 0 aliphatic rings. The van der Waals surface area contributed by atoms with Crippen LogP contribution in [0.5, 0.6) is 0 Å². The van der Waals surface area contributed by atoms with Gasteiger partial charge in [-0.1, -0.05) is 27.7 Å². The molecule has 0 saturated heterocycles. The lowest BCUT2D eigenvalue weighted by Gasteiger charge is -2.27. The standard InChI is InChI=1S/C13H29N/c1-10(2)8-11(3)12(4)9-14-13(5,6)7/h10-12,14H,8-9H2,1-7H3. The van der Waals surface area contributed by atoms with Gasteiger partial charge in [0.2, 0.25) is 0 Å². The minimum absolute atomic E-state index is 0.256. The molecule has 0 aliphatic carbocycles. The van der Waals surface area contributed by atoms with Gasteiger partial charge in [0.15, 0.2) is 0 Å². The van der Waals surface area contributed by atoms with Crippen LogP contribution in [0.1, 0.15) is 54.9 Å². The van der Waals surface area contributed by atoms with Crippen molar-refractivity contribution in [3.05, 3.63) is 0 Å². The highest BCUT2D eigenvalue weighted by Crippen LogP contribution is 2.19. The summed E-state index contributed by atoms with van der Waals surface area (Å²) in [4.78, 5) is 0. The molecule has 0 bridgehead atoms. The van der Waals surface area contributed by atoms with E-state index in [1.54, 1.807) is 0 Å². The van der Waals surface area contributed by atoms with Gasteiger partial charge in [0, 0.05) is 5.54 Å². The van der Waals surface area contributed by atoms with Crippen molar-refractivity contribution in [1.82, 2.24) is 5.32 Å². The molecule has 0 saturated carbocycles. The van der Waals surface area contributed by atoms with E-state index in [4.69, 9.17) is 0 Å². The summed E-state index contributed by atoms with van der Waals surface area (Å²) in [5.41, 5.74) is 0.256. The monoisotopic (exact) mass is 199 g/mol. The minimum atomic E-state index is 0.256. The highest BCUT2D eigenvalue weighted by molar-refractivity contribution is 4.74. The summed E-state index contributed by atoms with van der Waals surface area (Å²) in [5.74, 6) is 2.42. The van der Waals surface area contributed by atoms with Crippen LogP contribution in [0.15, 0.2) is 0 Å². The van der Waals surface area contributed by atoms with Crippen LogP contribution in [-0.4, -0.2) is 12.1 Å². The fourth-order valence-electron chi connectivity index (χ4n) is 1.64. The summed E-state index contributed by atoms with van der Waals surface area (Å²) in [7, 11) is 0. The maximum Gasteiger partial charge on any atom is 0.00966 e. The van der Waals surface area contributed by atoms with Gasteiger partial charge in [-0.05, 0) is 51.5 Å². The van der Waals surface area contributed by atoms with Crippen molar-refractivity contribution in [2.75, 3.05) is 6.54 Å². The SMILES string of the molecule is CC(C)CC(C)C(C)CNC(C)(C)C. The van der Waals surface area contributed by atoms with E-state index >= 15 is 0 Å². The van der Waals surface area contributed by atoms with Gasteiger partial charge in [0.25, 0.3) is 0 Å². The van der Waals surface area contributed by atoms with Crippen molar-refractivity contribution in [2.45, 2.75) is 60.4 Å². The Hall–Kier alpha value is -0.0400. The van der Waals surface area contributed by atoms with Crippen LogP contribution in [-0.2, 0) is 0 Å². The molecule has 2 atom stereocenters. The third kappa shape index (κ3) is 7.37. The zero-order chi connectivity index (χ0) is 11.4. The van der Waals surface area contributed by atoms with Gasteiger partial charge in [-0.15, -0.1) is 0 Å². The second kappa shape index (κ2) is 5.75. The van der Waals surface area contributed by atoms with E-state index in [9.17, 15) is 0 Å². The molecule has 0 rings (SSSR count). The third-order valence-corrected chi connectivity index (χ3v) is 2.77. The Morgan fingerprint density at radius 2 is 1.43 bits per heavy atom. The lowest BCUT2D eigenvalue weighted by Crippen LogP contribution is -2.39. The first-order valence-corrected chi connectivity index (χ1v) is 5.97. The highest BCUT2D eigenvalue weighted by atomic mass is 14.9. The van der Waals surface area contributed by atoms with Gasteiger partial charge >= 0.3 is 0 Å². The summed E-state index contributed by atoms with van der Waals surface area (Å²) in [6.45, 7) is 17.2. The lowest BCUT2D eigenvalue weighted by atomic mass is 9.87. The molecule has 0 aromatic carbocycles. The lowest BCUT2D eigenvalue weighted by molar-refractivity contribution is 0.285. The number of rotatable bonds is 5. The van der Waals surface area contributed by atoms with Crippen LogP contribution in [0.25, 0.3) is 0 Å². The first kappa shape index (κ1) is 14.0. The second-order valence-corrected chi connectivity index (χ2v) is 6.22. The third-order valence-electron chi connectivity index (χ3n) is 2.77. The molecule has 1 heteroatoms. The Morgan fingerprint density at radius 1 is 0.929 bits per heavy atom. The molecular weight excluding hydrogens is 170 g/mol. The van der Waals surface area contributed by atoms with Crippen LogP contribution >= 0.6 is 0 Å². The van der Waals surface area contributed by atoms with Crippen molar-refractivity contribution >= 4 is 0 Å². The Labute approximate surface area is 90.7 Å². The van der Waals surface area contributed by atoms with E-state index in [0.717, 1.165) is 24.3 Å². The first-order chi connectivity index (χ1) is 6.22. The van der Waals surface area contributed by atoms with Crippen molar-refractivity contribution in [2.24, 2.45) is 17.8 Å². The molecule has 0 spiro atoms. The predicted molar refractivity (Wildman–Crippen MR) is 65.5 cm³/mol. The summed E-state index contributed by atoms with van der Waals surface area (Å²) >= 11 is 0. The van der Waals surface area contributed by atoms with Gasteiger partial charge in [0.1, 0.15) is 0 Å². The van der Waals surface area contributed by atoms with Gasteiger partial charge in [0.05, 0.1) is 0 Å². The van der Waals surface area contributed by atoms with Crippen LogP contribution in [0.2, 0.25) is 0 Å². The average Bonchev–Trinajstić information content (AvgIpc) is 1.97. The predicted octanol–water partition coefficient (Wildman–Crippen LogP) is 3.69. The van der Waals surface area contributed by atoms with Crippen molar-refractivity contribution in [3.63, 3.8) is 0 Å². The first-order valence-electron chi connectivity index (χ1n) is 5.97. The number of hydrogen-bond acceptors (Lipinski definition) is 1. The van der Waals surface area contributed by atoms with E-state index in [1.165, 1.54) is 6.42 Å². The fraction of sp³-hybridized carbons (Fsp3) is 1.00. The topological polar surface area (TPSA) is 12.0 Å². The molecule has 0 aromatic heterocycles. The van der Waals surface area contributed by atoms with Crippen molar-refractivity contribution < 1.29 is 0 Å². The molecule has 2 unspecified atom stereocenters. The molecule has 1 nitrogen and oxygen atoms in total. The Kier molecular flexibility index (Phi) is 5.73. The molecule has 0 heterocycles. The molecule has 86 valence electrons. The van der Waals surface area contributed by atoms with E-state index in [0.29, 0.717) is 0 Å². The van der Waals surface area contributed by atoms with Crippen LogP contribution in [0.3, 0.4) is 0 Å². The summed E-state index contributed by atoms with van der Waals surface area (Å²) in [5, 5.41) is 3.58. The molecule has 14 heavy (non-hydrogen) atoms. The Morgan fingerprint density at radius 3 is 1.79 bits per heavy atom. The zero-order valence-electron chi connectivity index (χ0n) is 11.1. The molecule has 0 radical (unpaired) electrons. The molecule has 0 amide bonds. The summed E-state index contributed by atoms with van der Waals surface area (Å²) in [6.07, 6.45) is 1.34. The van der Waals surface area contributed by atoms with Gasteiger partial charge in [-0.25, -0.2) is 0 Å². The number of nitrogens with one attached hydrogen (secondary N) is 1. The zero-order valence-corrected chi connectivity index (χ0v) is 11.1. The van der Waals surface area contributed by atoms with E-state index < -0.39 is 0 Å². The Balaban J connectivity index is 3.78. The van der Waals surface area contributed by atoms with Crippen molar-refractivity contribution in [1.29, 1.82) is 0 Å². The van der Waals surface area contributed by atoms with Crippen molar-refractivity contribution in [3.8, 4) is 0 Å². The quantitative estimate of drug-likeness (QED) is 0.712. The van der Waals surface area contributed by atoms with Gasteiger partial charge < -0.3 is 5.32 Å². The minimum Gasteiger partial charge on any atom is -0.312 e. The maximum absolute atomic E-state index is 3.58. The molecule has 0 aliphatic heterocycles. The van der Waals surface area contributed by atoms with Crippen LogP contribution in [0, 0.1) is 17.8 Å². The smallest absolute Gasteiger partial charge is 0.00966 e. The summed E-state index contributed by atoms with van der Waals surface area (Å²) < 4.78 is 0. The average molecular weight is 199 g/mol. The number of hydrogen-bond donors (Lipinski definition) is 1. The summed E-state index contributed by atoms with van der Waals surface area (Å²) in [6, 6.07) is 0. The maximum atomic E-state index is 3.58. The van der Waals surface area contributed by atoms with Gasteiger partial charge in [-0.3, -0.25) is 0 Å². The Bertz CT molecular complexity index is 144. The molecular formula is C13H29N. The second-order valence-electron chi connectivity index (χ2n) is 6.22. The largest absolute Gasteiger partial charge is 0.312 e. The van der Waals surface area contributed by atoms with Crippen LogP contribution in [0.4, 0.5) is 0 Å². The molecule has 1 N–H and O–H groups in total. The van der Waals surface area contributed by atoms with E-state index in [1.807, 2.05) is 0 Å². The van der Waals surface area contributed by atoms with E-state index in [2.05, 4.69) is 53.8 Å². The van der Waals surface area contributed by atoms with Crippen LogP contribution < -0.4 is 5.32 Å². The molecule has 0 aromatic rings. The van der Waals surface area contributed by atoms with Gasteiger partial charge in [-0.2, -0.15) is 0 Å². The highest BCUT2D eigenvalue weighted by Gasteiger charge is 2.16.